The summed E-state index contributed by atoms with van der Waals surface area (Å²) in [7, 11) is 0. The molecule has 5 heteroatoms. The van der Waals surface area contributed by atoms with Crippen molar-refractivity contribution in [1.82, 2.24) is 0 Å². The van der Waals surface area contributed by atoms with Gasteiger partial charge in [-0.15, -0.1) is 12.4 Å². The summed E-state index contributed by atoms with van der Waals surface area (Å²) >= 11 is 0. The van der Waals surface area contributed by atoms with Gasteiger partial charge < -0.3 is 9.94 Å². The first kappa shape index (κ1) is 14.5. The molecule has 88 valence electrons. The number of rotatable bonds is 5. The van der Waals surface area contributed by atoms with Crippen molar-refractivity contribution in [2.45, 2.75) is 13.3 Å². The monoisotopic (exact) mass is 243 g/mol. The average molecular weight is 244 g/mol. The predicted octanol–water partition coefficient (Wildman–Crippen LogP) is 2.37. The molecule has 1 N–H and O–H groups in total. The van der Waals surface area contributed by atoms with Crippen LogP contribution < -0.4 is 0 Å². The van der Waals surface area contributed by atoms with Crippen LogP contribution in [0.15, 0.2) is 29.4 Å². The summed E-state index contributed by atoms with van der Waals surface area (Å²) in [4.78, 5) is 15.6. The smallest absolute Gasteiger partial charge is 0.335 e. The van der Waals surface area contributed by atoms with Gasteiger partial charge in [0.2, 0.25) is 0 Å². The summed E-state index contributed by atoms with van der Waals surface area (Å²) in [6.45, 7) is 2.35. The number of aromatic carboxylic acids is 1. The molecule has 16 heavy (non-hydrogen) atoms. The number of carboxylic acid groups (broad SMARTS) is 1. The van der Waals surface area contributed by atoms with Gasteiger partial charge in [-0.2, -0.15) is 0 Å². The van der Waals surface area contributed by atoms with Crippen LogP contribution in [0.3, 0.4) is 0 Å². The van der Waals surface area contributed by atoms with Gasteiger partial charge >= 0.3 is 5.97 Å². The van der Waals surface area contributed by atoms with Gasteiger partial charge in [0, 0.05) is 12.6 Å². The Balaban J connectivity index is 0.00000225. The molecule has 0 amide bonds. The fourth-order valence-electron chi connectivity index (χ4n) is 1.17. The molecule has 1 rings (SSSR count). The topological polar surface area (TPSA) is 58.9 Å². The molecule has 0 aliphatic carbocycles. The van der Waals surface area contributed by atoms with Crippen LogP contribution in [-0.4, -0.2) is 23.9 Å². The highest BCUT2D eigenvalue weighted by Gasteiger charge is 2.06. The molecule has 0 heterocycles. The molecule has 0 fully saturated rings. The van der Waals surface area contributed by atoms with E-state index in [1.165, 1.54) is 0 Å². The predicted molar refractivity (Wildman–Crippen MR) is 64.5 cm³/mol. The van der Waals surface area contributed by atoms with Crippen molar-refractivity contribution in [3.05, 3.63) is 35.4 Å². The number of nitrogens with zero attached hydrogens (tertiary/aromatic N) is 1. The Bertz CT molecular complexity index is 366. The van der Waals surface area contributed by atoms with E-state index in [0.29, 0.717) is 18.6 Å². The van der Waals surface area contributed by atoms with Gasteiger partial charge in [0.1, 0.15) is 6.61 Å². The number of oxime groups is 1. The van der Waals surface area contributed by atoms with Gasteiger partial charge in [0.05, 0.1) is 5.56 Å². The van der Waals surface area contributed by atoms with Gasteiger partial charge in [0.25, 0.3) is 0 Å². The van der Waals surface area contributed by atoms with E-state index in [1.54, 1.807) is 30.5 Å². The Labute approximate surface area is 100 Å². The van der Waals surface area contributed by atoms with E-state index < -0.39 is 5.97 Å². The van der Waals surface area contributed by atoms with Crippen LogP contribution in [0, 0.1) is 0 Å². The lowest BCUT2D eigenvalue weighted by atomic mass is 10.1. The van der Waals surface area contributed by atoms with Crippen molar-refractivity contribution in [3.8, 4) is 0 Å². The number of hydrogen-bond acceptors (Lipinski definition) is 3. The molecular formula is C11H14ClNO3. The maximum Gasteiger partial charge on any atom is 0.335 e. The standard InChI is InChI=1S/C11H13NO3.ClH/c1-2-15-12-8-7-9-5-3-4-6-10(9)11(13)14;/h3-6,8H,2,7H2,1H3,(H,13,14);1H/b12-8-;. The highest BCUT2D eigenvalue weighted by atomic mass is 35.5. The lowest BCUT2D eigenvalue weighted by Gasteiger charge is -2.01. The number of benzene rings is 1. The van der Waals surface area contributed by atoms with Crippen molar-refractivity contribution in [2.24, 2.45) is 5.16 Å². The molecule has 0 saturated carbocycles. The minimum atomic E-state index is -0.921. The molecule has 0 unspecified atom stereocenters. The van der Waals surface area contributed by atoms with E-state index in [2.05, 4.69) is 5.16 Å². The lowest BCUT2D eigenvalue weighted by Crippen LogP contribution is -2.02. The fourth-order valence-corrected chi connectivity index (χ4v) is 1.17. The first-order valence-electron chi connectivity index (χ1n) is 4.70. The van der Waals surface area contributed by atoms with Gasteiger partial charge in [0.15, 0.2) is 0 Å². The SMILES string of the molecule is CCO/N=C\Cc1ccccc1C(=O)O.Cl. The molecule has 0 bridgehead atoms. The van der Waals surface area contributed by atoms with Crippen LogP contribution in [0.5, 0.6) is 0 Å². The van der Waals surface area contributed by atoms with E-state index in [-0.39, 0.29) is 12.4 Å². The van der Waals surface area contributed by atoms with E-state index in [1.807, 2.05) is 6.92 Å². The molecule has 0 radical (unpaired) electrons. The maximum atomic E-state index is 10.8. The third kappa shape index (κ3) is 4.31. The van der Waals surface area contributed by atoms with Crippen LogP contribution in [-0.2, 0) is 11.3 Å². The normalized spacial score (nSPS) is 9.81. The molecular weight excluding hydrogens is 230 g/mol. The quantitative estimate of drug-likeness (QED) is 0.638. The zero-order valence-corrected chi connectivity index (χ0v) is 9.74. The number of carboxylic acids is 1. The van der Waals surface area contributed by atoms with Gasteiger partial charge in [-0.05, 0) is 18.6 Å². The third-order valence-corrected chi connectivity index (χ3v) is 1.84. The molecule has 0 saturated heterocycles. The Morgan fingerprint density at radius 1 is 1.50 bits per heavy atom. The molecule has 0 aromatic heterocycles. The van der Waals surface area contributed by atoms with Crippen molar-refractivity contribution >= 4 is 24.6 Å². The fraction of sp³-hybridized carbons (Fsp3) is 0.273. The second kappa shape index (κ2) is 7.70. The molecule has 4 nitrogen and oxygen atoms in total. The molecule has 0 aliphatic heterocycles. The lowest BCUT2D eigenvalue weighted by molar-refractivity contribution is 0.0696. The molecule has 0 spiro atoms. The summed E-state index contributed by atoms with van der Waals surface area (Å²) in [6.07, 6.45) is 2.02. The molecule has 0 aliphatic rings. The summed E-state index contributed by atoms with van der Waals surface area (Å²) in [5.74, 6) is -0.921. The van der Waals surface area contributed by atoms with E-state index >= 15 is 0 Å². The highest BCUT2D eigenvalue weighted by molar-refractivity contribution is 5.90. The molecule has 1 aromatic carbocycles. The largest absolute Gasteiger partial charge is 0.478 e. The van der Waals surface area contributed by atoms with Crippen molar-refractivity contribution in [2.75, 3.05) is 6.61 Å². The number of hydrogen-bond donors (Lipinski definition) is 1. The third-order valence-electron chi connectivity index (χ3n) is 1.84. The van der Waals surface area contributed by atoms with Crippen molar-refractivity contribution in [1.29, 1.82) is 0 Å². The van der Waals surface area contributed by atoms with Crippen LogP contribution in [0.1, 0.15) is 22.8 Å². The first-order chi connectivity index (χ1) is 7.25. The minimum absolute atomic E-state index is 0. The Morgan fingerprint density at radius 2 is 2.19 bits per heavy atom. The van der Waals surface area contributed by atoms with Crippen molar-refractivity contribution < 1.29 is 14.7 Å². The Kier molecular flexibility index (Phi) is 6.96. The van der Waals surface area contributed by atoms with Crippen LogP contribution in [0.2, 0.25) is 0 Å². The van der Waals surface area contributed by atoms with Gasteiger partial charge in [-0.25, -0.2) is 4.79 Å². The van der Waals surface area contributed by atoms with E-state index in [9.17, 15) is 4.79 Å². The summed E-state index contributed by atoms with van der Waals surface area (Å²) in [5, 5.41) is 12.6. The van der Waals surface area contributed by atoms with Crippen LogP contribution in [0.4, 0.5) is 0 Å². The molecule has 1 aromatic rings. The van der Waals surface area contributed by atoms with Crippen LogP contribution >= 0.6 is 12.4 Å². The Morgan fingerprint density at radius 3 is 2.81 bits per heavy atom. The van der Waals surface area contributed by atoms with E-state index in [0.717, 1.165) is 5.56 Å². The van der Waals surface area contributed by atoms with E-state index in [4.69, 9.17) is 9.94 Å². The first-order valence-corrected chi connectivity index (χ1v) is 4.70. The highest BCUT2D eigenvalue weighted by Crippen LogP contribution is 2.08. The van der Waals surface area contributed by atoms with Gasteiger partial charge in [-0.1, -0.05) is 23.4 Å². The number of halogens is 1. The summed E-state index contributed by atoms with van der Waals surface area (Å²) in [5.41, 5.74) is 1.04. The molecule has 0 atom stereocenters. The zero-order chi connectivity index (χ0) is 11.1. The van der Waals surface area contributed by atoms with Gasteiger partial charge in [-0.3, -0.25) is 0 Å². The van der Waals surface area contributed by atoms with Crippen LogP contribution in [0.25, 0.3) is 0 Å². The second-order valence-electron chi connectivity index (χ2n) is 2.87. The maximum absolute atomic E-state index is 10.8. The second-order valence-corrected chi connectivity index (χ2v) is 2.87. The summed E-state index contributed by atoms with van der Waals surface area (Å²) < 4.78 is 0. The number of carbonyl (C=O) groups is 1. The minimum Gasteiger partial charge on any atom is -0.478 e. The zero-order valence-electron chi connectivity index (χ0n) is 8.92. The average Bonchev–Trinajstić information content (AvgIpc) is 2.25. The van der Waals surface area contributed by atoms with Crippen molar-refractivity contribution in [3.63, 3.8) is 0 Å². The summed E-state index contributed by atoms with van der Waals surface area (Å²) in [6, 6.07) is 6.84. The Hall–Kier alpha value is -1.55.